The molecule has 120 valence electrons. The largest absolute Gasteiger partial charge is 0.509 e. The molecule has 0 aromatic rings. The summed E-state index contributed by atoms with van der Waals surface area (Å²) in [4.78, 5) is 12.1. The van der Waals surface area contributed by atoms with E-state index in [1.54, 1.807) is 0 Å². The van der Waals surface area contributed by atoms with Gasteiger partial charge in [0.15, 0.2) is 0 Å². The van der Waals surface area contributed by atoms with Gasteiger partial charge in [-0.15, -0.1) is 0 Å². The van der Waals surface area contributed by atoms with Crippen molar-refractivity contribution in [2.75, 3.05) is 0 Å². The van der Waals surface area contributed by atoms with Gasteiger partial charge in [0, 0.05) is 0 Å². The fourth-order valence-corrected chi connectivity index (χ4v) is 3.54. The number of hydrogen-bond acceptors (Lipinski definition) is 3. The maximum absolute atomic E-state index is 12.1. The molecule has 0 saturated heterocycles. The standard InChI is InChI=1S/C18H30O3/c1-7-17(3,4)20-16(19)21-18(5,6)12(2)15-11-13-8-9-14(15)10-13/h8-9,12-15H,7,10-11H2,1-6H3. The molecular weight excluding hydrogens is 264 g/mol. The number of carbonyl (C=O) groups excluding carboxylic acids is 1. The lowest BCUT2D eigenvalue weighted by Crippen LogP contribution is -2.42. The zero-order valence-corrected chi connectivity index (χ0v) is 14.3. The molecule has 0 aromatic carbocycles. The third-order valence-corrected chi connectivity index (χ3v) is 5.63. The van der Waals surface area contributed by atoms with Crippen LogP contribution in [-0.4, -0.2) is 17.4 Å². The number of hydrogen-bond donors (Lipinski definition) is 0. The van der Waals surface area contributed by atoms with Gasteiger partial charge in [-0.05, 0) is 70.6 Å². The van der Waals surface area contributed by atoms with E-state index >= 15 is 0 Å². The highest BCUT2D eigenvalue weighted by Crippen LogP contribution is 2.49. The lowest BCUT2D eigenvalue weighted by molar-refractivity contribution is -0.0871. The van der Waals surface area contributed by atoms with E-state index < -0.39 is 17.4 Å². The van der Waals surface area contributed by atoms with Gasteiger partial charge in [-0.1, -0.05) is 26.0 Å². The molecule has 0 heterocycles. The first-order valence-electron chi connectivity index (χ1n) is 8.25. The molecule has 0 spiro atoms. The normalized spacial score (nSPS) is 29.5. The van der Waals surface area contributed by atoms with Crippen molar-refractivity contribution < 1.29 is 14.3 Å². The number of rotatable bonds is 5. The highest BCUT2D eigenvalue weighted by molar-refractivity contribution is 5.61. The maximum atomic E-state index is 12.1. The van der Waals surface area contributed by atoms with Crippen molar-refractivity contribution in [3.63, 3.8) is 0 Å². The zero-order valence-electron chi connectivity index (χ0n) is 14.3. The van der Waals surface area contributed by atoms with Crippen molar-refractivity contribution in [2.45, 2.75) is 72.0 Å². The molecule has 1 saturated carbocycles. The van der Waals surface area contributed by atoms with E-state index in [1.165, 1.54) is 12.8 Å². The highest BCUT2D eigenvalue weighted by atomic mass is 16.7. The quantitative estimate of drug-likeness (QED) is 0.531. The third-order valence-electron chi connectivity index (χ3n) is 5.63. The Hall–Kier alpha value is -0.990. The Morgan fingerprint density at radius 3 is 2.33 bits per heavy atom. The topological polar surface area (TPSA) is 35.5 Å². The van der Waals surface area contributed by atoms with Gasteiger partial charge in [0.1, 0.15) is 11.2 Å². The van der Waals surface area contributed by atoms with Crippen LogP contribution in [0.4, 0.5) is 4.79 Å². The van der Waals surface area contributed by atoms with Crippen LogP contribution < -0.4 is 0 Å². The van der Waals surface area contributed by atoms with Crippen molar-refractivity contribution in [3.8, 4) is 0 Å². The van der Waals surface area contributed by atoms with E-state index in [4.69, 9.17) is 9.47 Å². The molecule has 3 nitrogen and oxygen atoms in total. The predicted octanol–water partition coefficient (Wildman–Crippen LogP) is 4.96. The molecule has 0 aliphatic heterocycles. The van der Waals surface area contributed by atoms with Crippen LogP contribution in [0.25, 0.3) is 0 Å². The average Bonchev–Trinajstić information content (AvgIpc) is 2.98. The first kappa shape index (κ1) is 16.4. The molecule has 2 aliphatic rings. The molecular formula is C18H30O3. The van der Waals surface area contributed by atoms with Gasteiger partial charge in [-0.3, -0.25) is 0 Å². The second-order valence-corrected chi connectivity index (χ2v) is 7.90. The van der Waals surface area contributed by atoms with E-state index in [0.29, 0.717) is 17.8 Å². The second-order valence-electron chi connectivity index (χ2n) is 7.90. The fraction of sp³-hybridized carbons (Fsp3) is 0.833. The van der Waals surface area contributed by atoms with Crippen LogP contribution in [0.5, 0.6) is 0 Å². The summed E-state index contributed by atoms with van der Waals surface area (Å²) in [6.45, 7) is 12.0. The van der Waals surface area contributed by atoms with E-state index in [0.717, 1.165) is 12.3 Å². The van der Waals surface area contributed by atoms with Crippen molar-refractivity contribution in [2.24, 2.45) is 23.7 Å². The lowest BCUT2D eigenvalue weighted by Gasteiger charge is -2.38. The van der Waals surface area contributed by atoms with Gasteiger partial charge in [0.05, 0.1) is 0 Å². The van der Waals surface area contributed by atoms with Crippen LogP contribution in [0.15, 0.2) is 12.2 Å². The molecule has 1 fully saturated rings. The summed E-state index contributed by atoms with van der Waals surface area (Å²) < 4.78 is 11.1. The van der Waals surface area contributed by atoms with E-state index in [9.17, 15) is 4.79 Å². The zero-order chi connectivity index (χ0) is 15.8. The lowest BCUT2D eigenvalue weighted by atomic mass is 9.75. The minimum absolute atomic E-state index is 0.328. The number of fused-ring (bicyclic) bond motifs is 2. The summed E-state index contributed by atoms with van der Waals surface area (Å²) in [5.41, 5.74) is -0.963. The SMILES string of the molecule is CCC(C)(C)OC(=O)OC(C)(C)C(C)C1CC2C=CC1C2. The average molecular weight is 294 g/mol. The van der Waals surface area contributed by atoms with E-state index in [-0.39, 0.29) is 0 Å². The Bertz CT molecular complexity index is 422. The van der Waals surface area contributed by atoms with E-state index in [2.05, 4.69) is 19.1 Å². The van der Waals surface area contributed by atoms with Crippen molar-refractivity contribution in [3.05, 3.63) is 12.2 Å². The predicted molar refractivity (Wildman–Crippen MR) is 84.0 cm³/mol. The molecule has 21 heavy (non-hydrogen) atoms. The Kier molecular flexibility index (Phi) is 4.41. The van der Waals surface area contributed by atoms with Crippen molar-refractivity contribution in [1.29, 1.82) is 0 Å². The Balaban J connectivity index is 1.94. The monoisotopic (exact) mass is 294 g/mol. The van der Waals surface area contributed by atoms with Gasteiger partial charge in [-0.2, -0.15) is 0 Å². The highest BCUT2D eigenvalue weighted by Gasteiger charge is 2.45. The van der Waals surface area contributed by atoms with Gasteiger partial charge >= 0.3 is 6.16 Å². The molecule has 2 rings (SSSR count). The molecule has 2 aliphatic carbocycles. The molecule has 0 radical (unpaired) electrons. The number of allylic oxidation sites excluding steroid dienone is 2. The molecule has 2 bridgehead atoms. The fourth-order valence-electron chi connectivity index (χ4n) is 3.54. The third kappa shape index (κ3) is 3.61. The maximum Gasteiger partial charge on any atom is 0.509 e. The minimum atomic E-state index is -0.544. The number of carbonyl (C=O) groups is 1. The Labute approximate surface area is 129 Å². The van der Waals surface area contributed by atoms with Gasteiger partial charge in [0.25, 0.3) is 0 Å². The summed E-state index contributed by atoms with van der Waals surface area (Å²) >= 11 is 0. The second kappa shape index (κ2) is 5.66. The molecule has 0 amide bonds. The number of ether oxygens (including phenoxy) is 2. The van der Waals surface area contributed by atoms with Crippen molar-refractivity contribution >= 4 is 6.16 Å². The van der Waals surface area contributed by atoms with Gasteiger partial charge in [0.2, 0.25) is 0 Å². The van der Waals surface area contributed by atoms with Crippen LogP contribution in [0.3, 0.4) is 0 Å². The molecule has 0 N–H and O–H groups in total. The molecule has 0 aromatic heterocycles. The van der Waals surface area contributed by atoms with Crippen LogP contribution in [0, 0.1) is 23.7 Å². The smallest absolute Gasteiger partial charge is 0.428 e. The Morgan fingerprint density at radius 2 is 1.86 bits per heavy atom. The molecule has 4 atom stereocenters. The van der Waals surface area contributed by atoms with Crippen LogP contribution in [0.2, 0.25) is 0 Å². The van der Waals surface area contributed by atoms with Crippen LogP contribution in [0.1, 0.15) is 60.8 Å². The summed E-state index contributed by atoms with van der Waals surface area (Å²) in [5, 5.41) is 0. The summed E-state index contributed by atoms with van der Waals surface area (Å²) in [6.07, 6.45) is 7.43. The first-order valence-corrected chi connectivity index (χ1v) is 8.25. The summed E-state index contributed by atoms with van der Waals surface area (Å²) in [5.74, 6) is 2.34. The van der Waals surface area contributed by atoms with Crippen LogP contribution in [-0.2, 0) is 9.47 Å². The molecule has 3 heteroatoms. The van der Waals surface area contributed by atoms with Gasteiger partial charge < -0.3 is 9.47 Å². The van der Waals surface area contributed by atoms with Crippen molar-refractivity contribution in [1.82, 2.24) is 0 Å². The van der Waals surface area contributed by atoms with Crippen LogP contribution >= 0.6 is 0 Å². The van der Waals surface area contributed by atoms with E-state index in [1.807, 2.05) is 34.6 Å². The first-order chi connectivity index (χ1) is 9.64. The summed E-state index contributed by atoms with van der Waals surface area (Å²) in [7, 11) is 0. The Morgan fingerprint density at radius 1 is 1.19 bits per heavy atom. The van der Waals surface area contributed by atoms with Gasteiger partial charge in [-0.25, -0.2) is 4.79 Å². The molecule has 4 unspecified atom stereocenters. The summed E-state index contributed by atoms with van der Waals surface area (Å²) in [6, 6.07) is 0. The minimum Gasteiger partial charge on any atom is -0.428 e.